The molecule has 5 heteroatoms. The molecule has 3 aromatic rings. The van der Waals surface area contributed by atoms with Crippen LogP contribution in [0.25, 0.3) is 22.0 Å². The molecule has 1 unspecified atom stereocenters. The first-order valence-electron chi connectivity index (χ1n) is 10.2. The minimum Gasteiger partial charge on any atom is -0.357 e. The zero-order chi connectivity index (χ0) is 18.2. The smallest absolute Gasteiger partial charge is 0.150 e. The molecule has 2 aliphatic heterocycles. The molecule has 0 saturated carbocycles. The number of nitrogens with zero attached hydrogens (tertiary/aromatic N) is 3. The number of hydrogen-bond donors (Lipinski definition) is 1. The number of fused-ring (bicyclic) bond motifs is 1. The van der Waals surface area contributed by atoms with E-state index in [9.17, 15) is 0 Å². The number of nitrogens with one attached hydrogen (secondary N) is 1. The molecule has 5 nitrogen and oxygen atoms in total. The zero-order valence-corrected chi connectivity index (χ0v) is 16.0. The Morgan fingerprint density at radius 1 is 1.22 bits per heavy atom. The monoisotopic (exact) mass is 364 g/mol. The van der Waals surface area contributed by atoms with Gasteiger partial charge in [0, 0.05) is 48.1 Å². The summed E-state index contributed by atoms with van der Waals surface area (Å²) in [7, 11) is 0. The van der Waals surface area contributed by atoms with Crippen molar-refractivity contribution in [2.75, 3.05) is 13.2 Å². The second kappa shape index (κ2) is 7.13. The molecule has 27 heavy (non-hydrogen) atoms. The summed E-state index contributed by atoms with van der Waals surface area (Å²) in [5.74, 6) is 0.726. The first kappa shape index (κ1) is 17.0. The fourth-order valence-corrected chi connectivity index (χ4v) is 4.57. The average molecular weight is 364 g/mol. The Morgan fingerprint density at radius 2 is 2.19 bits per heavy atom. The summed E-state index contributed by atoms with van der Waals surface area (Å²) in [5, 5.41) is 9.41. The summed E-state index contributed by atoms with van der Waals surface area (Å²) in [6.07, 6.45) is 11.1. The van der Waals surface area contributed by atoms with Gasteiger partial charge in [-0.3, -0.25) is 0 Å². The lowest BCUT2D eigenvalue weighted by atomic mass is 10.1. The van der Waals surface area contributed by atoms with Crippen molar-refractivity contribution in [1.82, 2.24) is 19.7 Å². The highest BCUT2D eigenvalue weighted by molar-refractivity contribution is 5.85. The number of hydrogen-bond acceptors (Lipinski definition) is 3. The van der Waals surface area contributed by atoms with E-state index in [4.69, 9.17) is 4.74 Å². The quantitative estimate of drug-likeness (QED) is 0.754. The molecule has 2 aromatic heterocycles. The molecular formula is C22H28N4O. The molecule has 0 amide bonds. The van der Waals surface area contributed by atoms with Crippen molar-refractivity contribution >= 4 is 10.9 Å². The summed E-state index contributed by atoms with van der Waals surface area (Å²) in [6, 6.07) is 9.64. The highest BCUT2D eigenvalue weighted by atomic mass is 16.5. The molecule has 0 bridgehead atoms. The van der Waals surface area contributed by atoms with Crippen LogP contribution in [0.3, 0.4) is 0 Å². The van der Waals surface area contributed by atoms with Crippen LogP contribution in [0.5, 0.6) is 0 Å². The third-order valence-corrected chi connectivity index (χ3v) is 6.05. The van der Waals surface area contributed by atoms with E-state index in [0.717, 1.165) is 44.0 Å². The lowest BCUT2D eigenvalue weighted by molar-refractivity contribution is -0.0394. The number of aromatic nitrogens is 3. The maximum absolute atomic E-state index is 5.85. The van der Waals surface area contributed by atoms with Gasteiger partial charge in [-0.15, -0.1) is 0 Å². The SMILES string of the molecule is C[C@H]1C[C@H](Cn2ccc3cc(-c4cnn(C5CCCCO5)c4)ccc32)CN1. The molecule has 0 spiro atoms. The summed E-state index contributed by atoms with van der Waals surface area (Å²) in [5.41, 5.74) is 3.70. The molecule has 1 aromatic carbocycles. The minimum atomic E-state index is 0.0970. The zero-order valence-electron chi connectivity index (χ0n) is 16.0. The van der Waals surface area contributed by atoms with Gasteiger partial charge in [-0.25, -0.2) is 4.68 Å². The van der Waals surface area contributed by atoms with Gasteiger partial charge >= 0.3 is 0 Å². The van der Waals surface area contributed by atoms with Crippen LogP contribution in [0.2, 0.25) is 0 Å². The van der Waals surface area contributed by atoms with Gasteiger partial charge in [0.25, 0.3) is 0 Å². The van der Waals surface area contributed by atoms with Crippen molar-refractivity contribution < 1.29 is 4.74 Å². The van der Waals surface area contributed by atoms with E-state index >= 15 is 0 Å². The van der Waals surface area contributed by atoms with E-state index in [1.807, 2.05) is 10.9 Å². The normalized spacial score (nSPS) is 26.0. The second-order valence-electron chi connectivity index (χ2n) is 8.18. The van der Waals surface area contributed by atoms with Gasteiger partial charge in [-0.1, -0.05) is 6.07 Å². The molecule has 3 atom stereocenters. The molecule has 2 fully saturated rings. The highest BCUT2D eigenvalue weighted by Gasteiger charge is 2.21. The van der Waals surface area contributed by atoms with Crippen LogP contribution in [-0.2, 0) is 11.3 Å². The Morgan fingerprint density at radius 3 is 3.00 bits per heavy atom. The van der Waals surface area contributed by atoms with Gasteiger partial charge in [-0.2, -0.15) is 5.10 Å². The number of rotatable bonds is 4. The molecule has 5 rings (SSSR count). The predicted octanol–water partition coefficient (Wildman–Crippen LogP) is 4.20. The fourth-order valence-electron chi connectivity index (χ4n) is 4.57. The van der Waals surface area contributed by atoms with Crippen LogP contribution in [0.15, 0.2) is 42.9 Å². The third kappa shape index (κ3) is 3.42. The largest absolute Gasteiger partial charge is 0.357 e. The molecule has 2 aliphatic rings. The van der Waals surface area contributed by atoms with Crippen molar-refractivity contribution in [3.05, 3.63) is 42.9 Å². The van der Waals surface area contributed by atoms with Crippen molar-refractivity contribution in [2.24, 2.45) is 5.92 Å². The summed E-state index contributed by atoms with van der Waals surface area (Å²) < 4.78 is 10.2. The van der Waals surface area contributed by atoms with Crippen molar-refractivity contribution in [2.45, 2.75) is 51.4 Å². The van der Waals surface area contributed by atoms with E-state index < -0.39 is 0 Å². The fraction of sp³-hybridized carbons (Fsp3) is 0.500. The first-order chi connectivity index (χ1) is 13.3. The van der Waals surface area contributed by atoms with Crippen LogP contribution in [0.1, 0.15) is 38.8 Å². The van der Waals surface area contributed by atoms with Crippen LogP contribution < -0.4 is 5.32 Å². The van der Waals surface area contributed by atoms with Gasteiger partial charge < -0.3 is 14.6 Å². The van der Waals surface area contributed by atoms with E-state index in [1.165, 1.54) is 29.3 Å². The van der Waals surface area contributed by atoms with E-state index in [-0.39, 0.29) is 6.23 Å². The lowest BCUT2D eigenvalue weighted by Crippen LogP contribution is -2.18. The van der Waals surface area contributed by atoms with Gasteiger partial charge in [0.1, 0.15) is 6.23 Å². The molecule has 2 saturated heterocycles. The Bertz CT molecular complexity index is 921. The average Bonchev–Trinajstić information content (AvgIpc) is 3.43. The maximum atomic E-state index is 5.85. The molecule has 0 aliphatic carbocycles. The van der Waals surface area contributed by atoms with Crippen LogP contribution in [-0.4, -0.2) is 33.5 Å². The van der Waals surface area contributed by atoms with E-state index in [2.05, 4.69) is 58.6 Å². The predicted molar refractivity (Wildman–Crippen MR) is 108 cm³/mol. The van der Waals surface area contributed by atoms with Gasteiger partial charge in [0.05, 0.1) is 6.20 Å². The van der Waals surface area contributed by atoms with E-state index in [1.54, 1.807) is 0 Å². The first-order valence-corrected chi connectivity index (χ1v) is 10.2. The topological polar surface area (TPSA) is 44.0 Å². The summed E-state index contributed by atoms with van der Waals surface area (Å²) in [4.78, 5) is 0. The Hall–Kier alpha value is -2.11. The van der Waals surface area contributed by atoms with Crippen LogP contribution in [0.4, 0.5) is 0 Å². The minimum absolute atomic E-state index is 0.0970. The summed E-state index contributed by atoms with van der Waals surface area (Å²) in [6.45, 7) is 5.34. The van der Waals surface area contributed by atoms with Crippen LogP contribution in [0, 0.1) is 5.92 Å². The van der Waals surface area contributed by atoms with Gasteiger partial charge in [0.2, 0.25) is 0 Å². The van der Waals surface area contributed by atoms with Gasteiger partial charge in [-0.05, 0) is 68.8 Å². The van der Waals surface area contributed by atoms with Crippen LogP contribution >= 0.6 is 0 Å². The summed E-state index contributed by atoms with van der Waals surface area (Å²) >= 11 is 0. The van der Waals surface area contributed by atoms with Crippen molar-refractivity contribution in [3.63, 3.8) is 0 Å². The van der Waals surface area contributed by atoms with Crippen molar-refractivity contribution in [1.29, 1.82) is 0 Å². The number of benzene rings is 1. The molecule has 0 radical (unpaired) electrons. The second-order valence-corrected chi connectivity index (χ2v) is 8.18. The lowest BCUT2D eigenvalue weighted by Gasteiger charge is -2.22. The van der Waals surface area contributed by atoms with Crippen molar-refractivity contribution in [3.8, 4) is 11.1 Å². The standard InChI is InChI=1S/C22H28N4O/c1-16-10-17(12-23-16)14-25-8-7-19-11-18(5-6-21(19)25)20-13-24-26(15-20)22-4-2-3-9-27-22/h5-8,11,13,15-17,22-23H,2-4,9-10,12,14H2,1H3/t16-,17-,22?/m0/s1. The third-order valence-electron chi connectivity index (χ3n) is 6.05. The Labute approximate surface area is 160 Å². The Balaban J connectivity index is 1.36. The molecule has 1 N–H and O–H groups in total. The maximum Gasteiger partial charge on any atom is 0.150 e. The highest BCUT2D eigenvalue weighted by Crippen LogP contribution is 2.28. The Kier molecular flexibility index (Phi) is 4.50. The molecule has 142 valence electrons. The molecule has 4 heterocycles. The molecular weight excluding hydrogens is 336 g/mol. The number of ether oxygens (including phenoxy) is 1. The van der Waals surface area contributed by atoms with Gasteiger partial charge in [0.15, 0.2) is 0 Å². The van der Waals surface area contributed by atoms with E-state index in [0.29, 0.717) is 6.04 Å².